The Bertz CT molecular complexity index is 1990. The molecule has 6 rings (SSSR count). The fourth-order valence-electron chi connectivity index (χ4n) is 8.25. The number of aliphatic hydroxyl groups is 1. The van der Waals surface area contributed by atoms with Gasteiger partial charge >= 0.3 is 6.09 Å². The average molecular weight is 752 g/mol. The SMILES string of the molecule is C=C/C=C(\C=C)C(NCCCC[C@H](NC(=O)OCC1c2ccccc2-c2ccccc21)C(=O)Nc1ccc(CO)cc1)(c1ccc(OC)cc1)C1CC=CCC1. The highest BCUT2D eigenvalue weighted by molar-refractivity contribution is 5.96. The molecule has 4 N–H and O–H groups in total. The van der Waals surface area contributed by atoms with Gasteiger partial charge < -0.3 is 30.5 Å². The Morgan fingerprint density at radius 1 is 0.911 bits per heavy atom. The number of ether oxygens (including phenoxy) is 2. The standard InChI is InChI=1S/C48H53N3O5/c1-4-15-35(5-2)48(36-16-7-6-8-17-36,37-25-29-39(55-3)30-26-37)49-31-14-13-22-45(46(53)50-38-27-23-34(32-52)24-28-38)51-47(54)56-33-44-42-20-11-9-18-40(42)41-19-10-12-21-43(41)44/h4-7,9-12,15,18-21,23-30,36,44-45,49,52H,1-2,8,13-14,16-17,22,31-33H2,3H3,(H,50,53)(H,51,54)/b35-15+/t36?,45-,48?/m0/s1. The second-order valence-corrected chi connectivity index (χ2v) is 14.4. The van der Waals surface area contributed by atoms with E-state index in [2.05, 4.69) is 77.7 Å². The molecule has 0 fully saturated rings. The summed E-state index contributed by atoms with van der Waals surface area (Å²) < 4.78 is 11.4. The molecule has 8 heteroatoms. The van der Waals surface area contributed by atoms with E-state index in [1.807, 2.05) is 54.6 Å². The predicted molar refractivity (Wildman–Crippen MR) is 224 cm³/mol. The number of carbonyl (C=O) groups excluding carboxylic acids is 2. The number of aliphatic hydroxyl groups excluding tert-OH is 1. The molecule has 0 spiro atoms. The normalized spacial score (nSPS) is 16.5. The van der Waals surface area contributed by atoms with E-state index in [4.69, 9.17) is 9.47 Å². The van der Waals surface area contributed by atoms with Gasteiger partial charge in [-0.2, -0.15) is 0 Å². The van der Waals surface area contributed by atoms with Crippen LogP contribution >= 0.6 is 0 Å². The number of hydrogen-bond donors (Lipinski definition) is 4. The highest BCUT2D eigenvalue weighted by Crippen LogP contribution is 2.45. The first kappa shape index (κ1) is 40.0. The average Bonchev–Trinajstić information content (AvgIpc) is 3.57. The van der Waals surface area contributed by atoms with Crippen LogP contribution in [0.2, 0.25) is 0 Å². The quantitative estimate of drug-likeness (QED) is 0.0459. The Hall–Kier alpha value is -5.70. The topological polar surface area (TPSA) is 109 Å². The molecule has 4 aromatic carbocycles. The van der Waals surface area contributed by atoms with Gasteiger partial charge in [-0.3, -0.25) is 4.79 Å². The van der Waals surface area contributed by atoms with E-state index in [1.165, 1.54) is 0 Å². The van der Waals surface area contributed by atoms with Crippen molar-refractivity contribution in [2.24, 2.45) is 5.92 Å². The van der Waals surface area contributed by atoms with Gasteiger partial charge in [0.15, 0.2) is 0 Å². The highest BCUT2D eigenvalue weighted by Gasteiger charge is 2.42. The van der Waals surface area contributed by atoms with Crippen molar-refractivity contribution in [1.29, 1.82) is 0 Å². The third-order valence-corrected chi connectivity index (χ3v) is 11.1. The summed E-state index contributed by atoms with van der Waals surface area (Å²) in [5, 5.41) is 19.3. The van der Waals surface area contributed by atoms with Gasteiger partial charge in [0, 0.05) is 11.6 Å². The van der Waals surface area contributed by atoms with Crippen LogP contribution in [0.1, 0.15) is 66.7 Å². The van der Waals surface area contributed by atoms with Gasteiger partial charge in [0.1, 0.15) is 18.4 Å². The molecule has 0 radical (unpaired) electrons. The van der Waals surface area contributed by atoms with Crippen LogP contribution in [0, 0.1) is 5.92 Å². The van der Waals surface area contributed by atoms with Crippen molar-refractivity contribution in [1.82, 2.24) is 10.6 Å². The number of fused-ring (bicyclic) bond motifs is 3. The van der Waals surface area contributed by atoms with Crippen molar-refractivity contribution < 1.29 is 24.2 Å². The molecule has 2 aliphatic carbocycles. The number of amides is 2. The number of hydrogen-bond acceptors (Lipinski definition) is 6. The van der Waals surface area contributed by atoms with Gasteiger partial charge in [0.2, 0.25) is 5.91 Å². The molecule has 8 nitrogen and oxygen atoms in total. The zero-order chi connectivity index (χ0) is 39.3. The van der Waals surface area contributed by atoms with Crippen molar-refractivity contribution >= 4 is 17.7 Å². The largest absolute Gasteiger partial charge is 0.497 e. The first-order valence-corrected chi connectivity index (χ1v) is 19.5. The zero-order valence-electron chi connectivity index (χ0n) is 32.2. The maximum Gasteiger partial charge on any atom is 0.407 e. The number of unbranched alkanes of at least 4 members (excludes halogenated alkanes) is 1. The first-order valence-electron chi connectivity index (χ1n) is 19.5. The van der Waals surface area contributed by atoms with E-state index in [-0.39, 0.29) is 31.0 Å². The molecule has 0 bridgehead atoms. The molecule has 290 valence electrons. The van der Waals surface area contributed by atoms with Gasteiger partial charge in [-0.1, -0.05) is 116 Å². The minimum absolute atomic E-state index is 0.0941. The maximum absolute atomic E-state index is 13.8. The van der Waals surface area contributed by atoms with Gasteiger partial charge in [-0.25, -0.2) is 4.79 Å². The maximum atomic E-state index is 13.8. The van der Waals surface area contributed by atoms with Crippen LogP contribution in [0.4, 0.5) is 10.5 Å². The molecule has 56 heavy (non-hydrogen) atoms. The first-order chi connectivity index (χ1) is 27.4. The van der Waals surface area contributed by atoms with Gasteiger partial charge in [0.25, 0.3) is 0 Å². The van der Waals surface area contributed by atoms with Crippen LogP contribution in [0.3, 0.4) is 0 Å². The lowest BCUT2D eigenvalue weighted by Crippen LogP contribution is -2.50. The van der Waals surface area contributed by atoms with Crippen LogP contribution in [-0.4, -0.2) is 43.4 Å². The van der Waals surface area contributed by atoms with E-state index in [0.29, 0.717) is 25.1 Å². The predicted octanol–water partition coefficient (Wildman–Crippen LogP) is 9.34. The van der Waals surface area contributed by atoms with Crippen molar-refractivity contribution in [2.75, 3.05) is 25.6 Å². The van der Waals surface area contributed by atoms with Crippen LogP contribution < -0.4 is 20.7 Å². The van der Waals surface area contributed by atoms with Gasteiger partial charge in [0.05, 0.1) is 19.3 Å². The molecular weight excluding hydrogens is 699 g/mol. The minimum Gasteiger partial charge on any atom is -0.497 e. The van der Waals surface area contributed by atoms with Crippen molar-refractivity contribution in [2.45, 2.75) is 62.6 Å². The summed E-state index contributed by atoms with van der Waals surface area (Å²) in [5.41, 5.74) is 7.46. The number of carbonyl (C=O) groups is 2. The number of nitrogens with one attached hydrogen (secondary N) is 3. The van der Waals surface area contributed by atoms with Crippen LogP contribution in [0.5, 0.6) is 5.75 Å². The van der Waals surface area contributed by atoms with Crippen LogP contribution in [0.15, 0.2) is 146 Å². The fourth-order valence-corrected chi connectivity index (χ4v) is 8.25. The van der Waals surface area contributed by atoms with Crippen LogP contribution in [-0.2, 0) is 21.7 Å². The second-order valence-electron chi connectivity index (χ2n) is 14.4. The molecule has 4 aromatic rings. The number of allylic oxidation sites excluding steroid dienone is 4. The molecule has 0 heterocycles. The third kappa shape index (κ3) is 9.05. The number of anilines is 1. The summed E-state index contributed by atoms with van der Waals surface area (Å²) in [7, 11) is 1.67. The Labute approximate surface area is 331 Å². The summed E-state index contributed by atoms with van der Waals surface area (Å²) in [6, 6.07) is 30.8. The number of rotatable bonds is 18. The van der Waals surface area contributed by atoms with Gasteiger partial charge in [-0.15, -0.1) is 0 Å². The zero-order valence-corrected chi connectivity index (χ0v) is 32.2. The van der Waals surface area contributed by atoms with E-state index < -0.39 is 17.7 Å². The molecule has 0 aliphatic heterocycles. The summed E-state index contributed by atoms with van der Waals surface area (Å²) in [5.74, 6) is 0.609. The molecule has 0 saturated heterocycles. The Balaban J connectivity index is 1.16. The molecule has 3 atom stereocenters. The number of benzene rings is 4. The molecule has 0 aromatic heterocycles. The number of alkyl carbamates (subject to hydrolysis) is 1. The van der Waals surface area contributed by atoms with Crippen LogP contribution in [0.25, 0.3) is 11.1 Å². The molecule has 2 aliphatic rings. The Morgan fingerprint density at radius 2 is 1.61 bits per heavy atom. The lowest BCUT2D eigenvalue weighted by Gasteiger charge is -2.44. The lowest BCUT2D eigenvalue weighted by molar-refractivity contribution is -0.118. The molecular formula is C48H53N3O5. The van der Waals surface area contributed by atoms with Gasteiger partial charge in [-0.05, 0) is 114 Å². The number of methoxy groups -OCH3 is 1. The summed E-state index contributed by atoms with van der Waals surface area (Å²) >= 11 is 0. The molecule has 2 unspecified atom stereocenters. The Kier molecular flexibility index (Phi) is 13.7. The second kappa shape index (κ2) is 19.2. The Morgan fingerprint density at radius 3 is 2.21 bits per heavy atom. The van der Waals surface area contributed by atoms with Crippen molar-refractivity contribution in [3.8, 4) is 16.9 Å². The fraction of sp³-hybridized carbons (Fsp3) is 0.292. The van der Waals surface area contributed by atoms with Crippen molar-refractivity contribution in [3.63, 3.8) is 0 Å². The summed E-state index contributed by atoms with van der Waals surface area (Å²) in [6.45, 7) is 8.93. The van der Waals surface area contributed by atoms with E-state index in [1.54, 1.807) is 31.4 Å². The van der Waals surface area contributed by atoms with E-state index in [9.17, 15) is 14.7 Å². The monoisotopic (exact) mass is 751 g/mol. The van der Waals surface area contributed by atoms with E-state index in [0.717, 1.165) is 70.4 Å². The van der Waals surface area contributed by atoms with Crippen molar-refractivity contribution in [3.05, 3.63) is 168 Å². The third-order valence-electron chi connectivity index (χ3n) is 11.1. The molecule has 0 saturated carbocycles. The summed E-state index contributed by atoms with van der Waals surface area (Å²) in [4.78, 5) is 27.2. The lowest BCUT2D eigenvalue weighted by atomic mass is 9.68. The minimum atomic E-state index is -0.845. The highest BCUT2D eigenvalue weighted by atomic mass is 16.5. The molecule has 2 amide bonds. The smallest absolute Gasteiger partial charge is 0.407 e. The summed E-state index contributed by atoms with van der Waals surface area (Å²) in [6.07, 6.45) is 14.3. The van der Waals surface area contributed by atoms with E-state index >= 15 is 0 Å².